The molecule has 3 heteroatoms. The number of nitrogens with zero attached hydrogens (tertiary/aromatic N) is 1. The van der Waals surface area contributed by atoms with Crippen molar-refractivity contribution in [2.45, 2.75) is 19.3 Å². The SMILES string of the molecule is COC(=O)C1=CCC(CN2CCCC2)C=C1. The first-order valence-electron chi connectivity index (χ1n) is 5.98. The van der Waals surface area contributed by atoms with Gasteiger partial charge >= 0.3 is 5.97 Å². The van der Waals surface area contributed by atoms with Crippen LogP contribution in [0.25, 0.3) is 0 Å². The summed E-state index contributed by atoms with van der Waals surface area (Å²) < 4.78 is 4.69. The molecule has 1 fully saturated rings. The van der Waals surface area contributed by atoms with Crippen molar-refractivity contribution in [3.8, 4) is 0 Å². The molecule has 1 aliphatic carbocycles. The highest BCUT2D eigenvalue weighted by Crippen LogP contribution is 2.20. The number of rotatable bonds is 3. The predicted molar refractivity (Wildman–Crippen MR) is 63.0 cm³/mol. The molecule has 1 unspecified atom stereocenters. The van der Waals surface area contributed by atoms with Crippen molar-refractivity contribution in [3.05, 3.63) is 23.8 Å². The molecule has 1 saturated heterocycles. The Morgan fingerprint density at radius 2 is 2.25 bits per heavy atom. The summed E-state index contributed by atoms with van der Waals surface area (Å²) >= 11 is 0. The van der Waals surface area contributed by atoms with Gasteiger partial charge in [-0.25, -0.2) is 4.79 Å². The number of hydrogen-bond acceptors (Lipinski definition) is 3. The molecular formula is C13H19NO2. The Morgan fingerprint density at radius 3 is 2.81 bits per heavy atom. The lowest BCUT2D eigenvalue weighted by Gasteiger charge is -2.22. The zero-order chi connectivity index (χ0) is 11.4. The maximum atomic E-state index is 11.3. The van der Waals surface area contributed by atoms with Crippen LogP contribution in [0.15, 0.2) is 23.8 Å². The van der Waals surface area contributed by atoms with Gasteiger partial charge in [0.1, 0.15) is 0 Å². The second-order valence-corrected chi connectivity index (χ2v) is 4.51. The fourth-order valence-electron chi connectivity index (χ4n) is 2.37. The van der Waals surface area contributed by atoms with Gasteiger partial charge in [-0.3, -0.25) is 0 Å². The van der Waals surface area contributed by atoms with Crippen LogP contribution in [0.2, 0.25) is 0 Å². The normalized spacial score (nSPS) is 25.6. The lowest BCUT2D eigenvalue weighted by Crippen LogP contribution is -2.26. The highest BCUT2D eigenvalue weighted by molar-refractivity contribution is 5.91. The molecule has 0 saturated carbocycles. The van der Waals surface area contributed by atoms with E-state index in [1.807, 2.05) is 12.2 Å². The summed E-state index contributed by atoms with van der Waals surface area (Å²) in [5.74, 6) is 0.336. The summed E-state index contributed by atoms with van der Waals surface area (Å²) in [6.45, 7) is 3.59. The summed E-state index contributed by atoms with van der Waals surface area (Å²) in [4.78, 5) is 13.8. The molecule has 88 valence electrons. The Labute approximate surface area is 96.8 Å². The van der Waals surface area contributed by atoms with E-state index in [1.54, 1.807) is 0 Å². The van der Waals surface area contributed by atoms with Gasteiger partial charge in [-0.2, -0.15) is 0 Å². The molecule has 0 spiro atoms. The molecule has 16 heavy (non-hydrogen) atoms. The van der Waals surface area contributed by atoms with Crippen LogP contribution in [0.3, 0.4) is 0 Å². The van der Waals surface area contributed by atoms with Crippen LogP contribution < -0.4 is 0 Å². The van der Waals surface area contributed by atoms with Gasteiger partial charge in [0.2, 0.25) is 0 Å². The van der Waals surface area contributed by atoms with Crippen LogP contribution >= 0.6 is 0 Å². The minimum atomic E-state index is -0.226. The summed E-state index contributed by atoms with van der Waals surface area (Å²) in [5, 5.41) is 0. The highest BCUT2D eigenvalue weighted by atomic mass is 16.5. The van der Waals surface area contributed by atoms with Crippen molar-refractivity contribution in [1.29, 1.82) is 0 Å². The second-order valence-electron chi connectivity index (χ2n) is 4.51. The molecule has 0 radical (unpaired) electrons. The summed E-state index contributed by atoms with van der Waals surface area (Å²) in [6.07, 6.45) is 9.66. The van der Waals surface area contributed by atoms with E-state index in [2.05, 4.69) is 15.7 Å². The first-order chi connectivity index (χ1) is 7.79. The Balaban J connectivity index is 1.83. The summed E-state index contributed by atoms with van der Waals surface area (Å²) in [7, 11) is 1.42. The van der Waals surface area contributed by atoms with Gasteiger partial charge in [-0.1, -0.05) is 18.2 Å². The Hall–Kier alpha value is -1.09. The predicted octanol–water partition coefficient (Wildman–Crippen LogP) is 1.76. The number of likely N-dealkylation sites (tertiary alicyclic amines) is 1. The second kappa shape index (κ2) is 5.30. The van der Waals surface area contributed by atoms with E-state index in [-0.39, 0.29) is 5.97 Å². The lowest BCUT2D eigenvalue weighted by atomic mass is 9.96. The molecule has 0 aromatic rings. The van der Waals surface area contributed by atoms with Crippen LogP contribution in [0.4, 0.5) is 0 Å². The number of allylic oxidation sites excluding steroid dienone is 1. The van der Waals surface area contributed by atoms with Crippen molar-refractivity contribution in [2.75, 3.05) is 26.7 Å². The van der Waals surface area contributed by atoms with Gasteiger partial charge in [0.15, 0.2) is 0 Å². The third-order valence-corrected chi connectivity index (χ3v) is 3.30. The average Bonchev–Trinajstić information content (AvgIpc) is 2.82. The average molecular weight is 221 g/mol. The number of esters is 1. The smallest absolute Gasteiger partial charge is 0.337 e. The van der Waals surface area contributed by atoms with Gasteiger partial charge < -0.3 is 9.64 Å². The number of hydrogen-bond donors (Lipinski definition) is 0. The molecule has 1 atom stereocenters. The number of carbonyl (C=O) groups is 1. The molecule has 0 aromatic heterocycles. The van der Waals surface area contributed by atoms with Crippen molar-refractivity contribution in [3.63, 3.8) is 0 Å². The topological polar surface area (TPSA) is 29.5 Å². The number of methoxy groups -OCH3 is 1. The largest absolute Gasteiger partial charge is 0.465 e. The number of carbonyl (C=O) groups excluding carboxylic acids is 1. The maximum absolute atomic E-state index is 11.3. The maximum Gasteiger partial charge on any atom is 0.337 e. The van der Waals surface area contributed by atoms with E-state index < -0.39 is 0 Å². The van der Waals surface area contributed by atoms with Gasteiger partial charge in [0.05, 0.1) is 12.7 Å². The van der Waals surface area contributed by atoms with E-state index in [9.17, 15) is 4.79 Å². The third kappa shape index (κ3) is 2.73. The van der Waals surface area contributed by atoms with E-state index >= 15 is 0 Å². The standard InChI is InChI=1S/C13H19NO2/c1-16-13(15)12-6-4-11(5-7-12)10-14-8-2-3-9-14/h4,6-7,11H,2-3,5,8-10H2,1H3. The summed E-state index contributed by atoms with van der Waals surface area (Å²) in [5.41, 5.74) is 0.695. The van der Waals surface area contributed by atoms with E-state index in [0.29, 0.717) is 11.5 Å². The van der Waals surface area contributed by atoms with Crippen molar-refractivity contribution in [1.82, 2.24) is 4.90 Å². The summed E-state index contributed by atoms with van der Waals surface area (Å²) in [6, 6.07) is 0. The quantitative estimate of drug-likeness (QED) is 0.680. The van der Waals surface area contributed by atoms with E-state index in [4.69, 9.17) is 0 Å². The fraction of sp³-hybridized carbons (Fsp3) is 0.615. The minimum Gasteiger partial charge on any atom is -0.465 e. The Bertz CT molecular complexity index is 314. The van der Waals surface area contributed by atoms with Gasteiger partial charge in [-0.05, 0) is 38.3 Å². The molecule has 1 aliphatic heterocycles. The fourth-order valence-corrected chi connectivity index (χ4v) is 2.37. The van der Waals surface area contributed by atoms with Crippen LogP contribution in [0.5, 0.6) is 0 Å². The van der Waals surface area contributed by atoms with Crippen molar-refractivity contribution >= 4 is 5.97 Å². The van der Waals surface area contributed by atoms with Crippen molar-refractivity contribution in [2.24, 2.45) is 5.92 Å². The Kier molecular flexibility index (Phi) is 3.78. The molecule has 1 heterocycles. The van der Waals surface area contributed by atoms with Crippen LogP contribution in [-0.4, -0.2) is 37.6 Å². The van der Waals surface area contributed by atoms with Crippen LogP contribution in [-0.2, 0) is 9.53 Å². The van der Waals surface area contributed by atoms with Gasteiger partial charge in [0, 0.05) is 6.54 Å². The molecule has 2 aliphatic rings. The van der Waals surface area contributed by atoms with Gasteiger partial charge in [-0.15, -0.1) is 0 Å². The zero-order valence-electron chi connectivity index (χ0n) is 9.82. The molecule has 0 N–H and O–H groups in total. The first-order valence-corrected chi connectivity index (χ1v) is 5.98. The number of ether oxygens (including phenoxy) is 1. The monoisotopic (exact) mass is 221 g/mol. The Morgan fingerprint density at radius 1 is 1.50 bits per heavy atom. The van der Waals surface area contributed by atoms with Crippen LogP contribution in [0.1, 0.15) is 19.3 Å². The highest BCUT2D eigenvalue weighted by Gasteiger charge is 2.18. The zero-order valence-corrected chi connectivity index (χ0v) is 9.82. The van der Waals surface area contributed by atoms with Crippen LogP contribution in [0, 0.1) is 5.92 Å². The molecule has 0 aromatic carbocycles. The molecule has 0 bridgehead atoms. The van der Waals surface area contributed by atoms with E-state index in [0.717, 1.165) is 13.0 Å². The van der Waals surface area contributed by atoms with E-state index in [1.165, 1.54) is 33.0 Å². The van der Waals surface area contributed by atoms with Gasteiger partial charge in [0.25, 0.3) is 0 Å². The molecule has 0 amide bonds. The molecule has 3 nitrogen and oxygen atoms in total. The lowest BCUT2D eigenvalue weighted by molar-refractivity contribution is -0.135. The third-order valence-electron chi connectivity index (χ3n) is 3.30. The molecule has 2 rings (SSSR count). The minimum absolute atomic E-state index is 0.226. The van der Waals surface area contributed by atoms with Crippen molar-refractivity contribution < 1.29 is 9.53 Å². The first kappa shape index (κ1) is 11.4. The molecular weight excluding hydrogens is 202 g/mol.